The Balaban J connectivity index is 1.00. The highest BCUT2D eigenvalue weighted by Crippen LogP contribution is 2.54. The summed E-state index contributed by atoms with van der Waals surface area (Å²) in [4.78, 5) is 36.8. The molecule has 0 aromatic heterocycles. The average Bonchev–Trinajstić information content (AvgIpc) is 3.62. The van der Waals surface area contributed by atoms with Crippen molar-refractivity contribution in [3.63, 3.8) is 0 Å². The number of thioether (sulfide) groups is 1. The Bertz CT molecular complexity index is 1840. The Morgan fingerprint density at radius 2 is 1.79 bits per heavy atom. The minimum Gasteiger partial charge on any atom is -0.497 e. The number of hydroxylamine groups is 1. The monoisotopic (exact) mass is 809 g/mol. The normalized spacial score (nSPS) is 38.2. The third kappa shape index (κ3) is 6.94. The van der Waals surface area contributed by atoms with Gasteiger partial charge in [-0.1, -0.05) is 43.7 Å². The van der Waals surface area contributed by atoms with Crippen LogP contribution >= 0.6 is 23.4 Å². The van der Waals surface area contributed by atoms with Crippen LogP contribution in [0.1, 0.15) is 78.2 Å². The molecule has 3 N–H and O–H groups in total. The molecule has 4 aliphatic heterocycles. The highest BCUT2D eigenvalue weighted by molar-refractivity contribution is 8.00. The molecule has 4 fully saturated rings. The summed E-state index contributed by atoms with van der Waals surface area (Å²) in [5, 5.41) is 30.7. The first-order valence-electron chi connectivity index (χ1n) is 20.2. The number of nitrogens with one attached hydrogen (secondary N) is 1. The number of nitrogens with zero attached hydrogens (tertiary/aromatic N) is 2. The lowest BCUT2D eigenvalue weighted by molar-refractivity contribution is -0.225. The number of hydrogen-bond donors (Lipinski definition) is 3. The predicted molar refractivity (Wildman–Crippen MR) is 214 cm³/mol. The fourth-order valence-electron chi connectivity index (χ4n) is 11.1. The van der Waals surface area contributed by atoms with Crippen LogP contribution in [0.15, 0.2) is 59.0 Å². The zero-order chi connectivity index (χ0) is 39.7. The minimum atomic E-state index is -1.56. The highest BCUT2D eigenvalue weighted by Gasteiger charge is 2.62. The molecule has 3 unspecified atom stereocenters. The Hall–Kier alpha value is -2.84. The van der Waals surface area contributed by atoms with Gasteiger partial charge in [0.15, 0.2) is 18.4 Å². The first-order chi connectivity index (χ1) is 26.7. The number of benzene rings is 2. The van der Waals surface area contributed by atoms with Gasteiger partial charge in [-0.3, -0.25) is 29.7 Å². The number of rotatable bonds is 9. The van der Waals surface area contributed by atoms with E-state index in [-0.39, 0.29) is 30.1 Å². The van der Waals surface area contributed by atoms with Crippen molar-refractivity contribution in [1.82, 2.24) is 10.2 Å². The van der Waals surface area contributed by atoms with E-state index in [0.717, 1.165) is 43.6 Å². The molecule has 0 spiro atoms. The molecule has 2 bridgehead atoms. The molecule has 0 amide bonds. The number of methoxy groups -OCH3 is 1. The smallest absolute Gasteiger partial charge is 0.323 e. The zero-order valence-electron chi connectivity index (χ0n) is 33.2. The predicted octanol–water partition coefficient (Wildman–Crippen LogP) is 6.23. The fraction of sp³-hybridized carbons (Fsp3) is 0.628. The summed E-state index contributed by atoms with van der Waals surface area (Å²) < 4.78 is 17.6. The molecule has 56 heavy (non-hydrogen) atoms. The van der Waals surface area contributed by atoms with Crippen LogP contribution in [0.3, 0.4) is 0 Å². The van der Waals surface area contributed by atoms with Crippen molar-refractivity contribution in [3.8, 4) is 5.75 Å². The molecule has 1 saturated carbocycles. The van der Waals surface area contributed by atoms with Crippen molar-refractivity contribution in [2.45, 2.75) is 131 Å². The number of aliphatic hydroxyl groups is 2. The van der Waals surface area contributed by atoms with E-state index in [4.69, 9.17) is 30.6 Å². The molecule has 12 atom stereocenters. The Kier molecular flexibility index (Phi) is 11.0. The third-order valence-corrected chi connectivity index (χ3v) is 15.5. The van der Waals surface area contributed by atoms with Crippen molar-refractivity contribution in [1.29, 1.82) is 0 Å². The van der Waals surface area contributed by atoms with E-state index in [1.54, 1.807) is 32.4 Å². The standard InChI is InChI=1S/C43H56ClN3O8S/c1-23-18-34-32(24(2)22-47-27-11-12-28(47)20-31(19-27)56-30-15-13-29(52-6)14-16-30)17-10-25(3)43(34,51)39(38(23)53-26(4)48)54-40(49)36-21-42(50)33-8-7-9-35(44)37(33)46(5)55-41(42)45-36/h7-9,13-16,18,24-25,27-28,31-32,34,36,38-39,41,45,50-51H,10-12,17,19-22H2,1-6H3/t24?,25-,27?,28?,31?,32+,34-,36+,38-,39+,41-,42-,43-/m1/s1. The van der Waals surface area contributed by atoms with Gasteiger partial charge in [0.2, 0.25) is 0 Å². The average molecular weight is 810 g/mol. The van der Waals surface area contributed by atoms with Crippen molar-refractivity contribution < 1.29 is 38.9 Å². The van der Waals surface area contributed by atoms with E-state index in [9.17, 15) is 19.8 Å². The number of carbonyl (C=O) groups is 2. The van der Waals surface area contributed by atoms with E-state index >= 15 is 0 Å². The molecule has 2 aromatic rings. The Labute approximate surface area is 339 Å². The van der Waals surface area contributed by atoms with Crippen molar-refractivity contribution in [2.75, 3.05) is 25.8 Å². The second-order valence-corrected chi connectivity index (χ2v) is 19.0. The van der Waals surface area contributed by atoms with Crippen LogP contribution in [0, 0.1) is 23.7 Å². The van der Waals surface area contributed by atoms with E-state index in [1.165, 1.54) is 29.7 Å². The summed E-state index contributed by atoms with van der Waals surface area (Å²) in [6.45, 7) is 8.50. The maximum atomic E-state index is 14.3. The molecule has 2 aromatic carbocycles. The van der Waals surface area contributed by atoms with Crippen LogP contribution in [0.25, 0.3) is 0 Å². The molecule has 0 radical (unpaired) electrons. The number of ether oxygens (including phenoxy) is 3. The number of anilines is 1. The van der Waals surface area contributed by atoms with Crippen LogP contribution in [-0.4, -0.2) is 95.2 Å². The van der Waals surface area contributed by atoms with Gasteiger partial charge < -0.3 is 24.4 Å². The van der Waals surface area contributed by atoms with Crippen molar-refractivity contribution in [2.24, 2.45) is 23.7 Å². The van der Waals surface area contributed by atoms with Gasteiger partial charge in [0.25, 0.3) is 0 Å². The van der Waals surface area contributed by atoms with Crippen LogP contribution < -0.4 is 15.1 Å². The number of para-hydroxylation sites is 1. The van der Waals surface area contributed by atoms with E-state index in [2.05, 4.69) is 35.3 Å². The summed E-state index contributed by atoms with van der Waals surface area (Å²) >= 11 is 8.49. The summed E-state index contributed by atoms with van der Waals surface area (Å²) in [7, 11) is 3.40. The molecule has 13 heteroatoms. The van der Waals surface area contributed by atoms with Crippen LogP contribution in [0.4, 0.5) is 5.69 Å². The number of esters is 2. The zero-order valence-corrected chi connectivity index (χ0v) is 34.7. The maximum absolute atomic E-state index is 14.3. The largest absolute Gasteiger partial charge is 0.497 e. The van der Waals surface area contributed by atoms with Crippen molar-refractivity contribution >= 4 is 41.0 Å². The summed E-state index contributed by atoms with van der Waals surface area (Å²) in [6.07, 6.45) is 5.41. The van der Waals surface area contributed by atoms with E-state index in [1.807, 2.05) is 37.7 Å². The molecule has 3 saturated heterocycles. The van der Waals surface area contributed by atoms with E-state index < -0.39 is 47.6 Å². The van der Waals surface area contributed by atoms with Crippen LogP contribution in [0.2, 0.25) is 5.02 Å². The molecular formula is C43H56ClN3O8S. The molecule has 304 valence electrons. The Morgan fingerprint density at radius 3 is 2.46 bits per heavy atom. The third-order valence-electron chi connectivity index (χ3n) is 13.9. The summed E-state index contributed by atoms with van der Waals surface area (Å²) in [5.41, 5.74) is -1.22. The van der Waals surface area contributed by atoms with Gasteiger partial charge in [-0.15, -0.1) is 11.8 Å². The van der Waals surface area contributed by atoms with Gasteiger partial charge in [0, 0.05) is 60.6 Å². The van der Waals surface area contributed by atoms with Gasteiger partial charge in [-0.25, -0.2) is 0 Å². The van der Waals surface area contributed by atoms with Crippen molar-refractivity contribution in [3.05, 3.63) is 64.7 Å². The summed E-state index contributed by atoms with van der Waals surface area (Å²) in [6, 6.07) is 13.7. The topological polar surface area (TPSA) is 130 Å². The highest BCUT2D eigenvalue weighted by atomic mass is 35.5. The van der Waals surface area contributed by atoms with Crippen LogP contribution in [0.5, 0.6) is 5.75 Å². The Morgan fingerprint density at radius 1 is 1.07 bits per heavy atom. The van der Waals surface area contributed by atoms with Gasteiger partial charge in [0.1, 0.15) is 23.0 Å². The summed E-state index contributed by atoms with van der Waals surface area (Å²) in [5.74, 6) is -0.481. The first-order valence-corrected chi connectivity index (χ1v) is 21.5. The lowest BCUT2D eigenvalue weighted by Crippen LogP contribution is -2.66. The second kappa shape index (κ2) is 15.4. The van der Waals surface area contributed by atoms with Gasteiger partial charge in [-0.05, 0) is 99.1 Å². The molecule has 11 nitrogen and oxygen atoms in total. The first kappa shape index (κ1) is 40.0. The van der Waals surface area contributed by atoms with Gasteiger partial charge in [-0.2, -0.15) is 0 Å². The minimum absolute atomic E-state index is 0.0356. The van der Waals surface area contributed by atoms with Gasteiger partial charge in [0.05, 0.1) is 17.8 Å². The molecule has 2 aliphatic carbocycles. The molecule has 6 aliphatic rings. The molecule has 8 rings (SSSR count). The number of halogens is 1. The van der Waals surface area contributed by atoms with E-state index in [0.29, 0.717) is 33.6 Å². The van der Waals surface area contributed by atoms with Crippen LogP contribution in [-0.2, 0) is 29.5 Å². The van der Waals surface area contributed by atoms with Gasteiger partial charge >= 0.3 is 11.9 Å². The quantitative estimate of drug-likeness (QED) is 0.196. The molecular weight excluding hydrogens is 754 g/mol. The molecule has 4 heterocycles. The lowest BCUT2D eigenvalue weighted by Gasteiger charge is -2.56. The number of fused-ring (bicyclic) bond motifs is 6. The SMILES string of the molecule is COc1ccc(SC2CC3CCC(C2)N3CC(C)[C@@H]2CC[C@@H](C)[C@@]3(O)[C@@H]2C=C(C)[C@@H](OC(C)=O)[C@@H]3OC(=O)[C@@H]2C[C@@]3(O)c4cccc(Cl)c4N(C)O[C@H]3N2)cc1. The fourth-order valence-corrected chi connectivity index (χ4v) is 12.7. The lowest BCUT2D eigenvalue weighted by atomic mass is 9.55. The maximum Gasteiger partial charge on any atom is 0.323 e. The number of carbonyl (C=O) groups excluding carboxylic acids is 2. The number of piperidine rings is 1. The second-order valence-electron chi connectivity index (χ2n) is 17.3. The number of hydrogen-bond acceptors (Lipinski definition) is 12.